The molecular weight excluding hydrogens is 254 g/mol. The summed E-state index contributed by atoms with van der Waals surface area (Å²) in [5.74, 6) is -0.948. The fourth-order valence-corrected chi connectivity index (χ4v) is 2.10. The summed E-state index contributed by atoms with van der Waals surface area (Å²) in [6.45, 7) is 0. The van der Waals surface area contributed by atoms with E-state index in [2.05, 4.69) is 9.97 Å². The highest BCUT2D eigenvalue weighted by atomic mass is 16.4. The molecule has 5 heteroatoms. The Hall–Kier alpha value is -3.13. The van der Waals surface area contributed by atoms with Gasteiger partial charge in [-0.25, -0.2) is 9.78 Å². The summed E-state index contributed by atoms with van der Waals surface area (Å²) in [5, 5.41) is 18.6. The molecule has 0 aliphatic rings. The van der Waals surface area contributed by atoms with E-state index in [1.165, 1.54) is 0 Å². The third-order valence-corrected chi connectivity index (χ3v) is 3.10. The lowest BCUT2D eigenvalue weighted by Crippen LogP contribution is -1.94. The number of nitriles is 1. The Morgan fingerprint density at radius 3 is 2.60 bits per heavy atom. The summed E-state index contributed by atoms with van der Waals surface area (Å²) < 4.78 is 0. The number of rotatable bonds is 2. The lowest BCUT2D eigenvalue weighted by Gasteiger charge is -2.00. The van der Waals surface area contributed by atoms with Crippen LogP contribution in [0.1, 0.15) is 16.1 Å². The quantitative estimate of drug-likeness (QED) is 0.743. The van der Waals surface area contributed by atoms with E-state index >= 15 is 0 Å². The van der Waals surface area contributed by atoms with Gasteiger partial charge in [-0.2, -0.15) is 5.26 Å². The third-order valence-electron chi connectivity index (χ3n) is 3.10. The van der Waals surface area contributed by atoms with Gasteiger partial charge in [-0.15, -0.1) is 0 Å². The molecule has 1 aromatic carbocycles. The zero-order chi connectivity index (χ0) is 14.1. The Morgan fingerprint density at radius 2 is 1.95 bits per heavy atom. The van der Waals surface area contributed by atoms with Crippen LogP contribution in [0.15, 0.2) is 42.6 Å². The van der Waals surface area contributed by atoms with Crippen LogP contribution in [0.5, 0.6) is 0 Å². The molecule has 0 amide bonds. The Kier molecular flexibility index (Phi) is 2.70. The number of nitrogens with one attached hydrogen (secondary N) is 1. The van der Waals surface area contributed by atoms with Crippen molar-refractivity contribution >= 4 is 17.0 Å². The van der Waals surface area contributed by atoms with Gasteiger partial charge in [-0.1, -0.05) is 12.1 Å². The average molecular weight is 263 g/mol. The van der Waals surface area contributed by atoms with Crippen LogP contribution >= 0.6 is 0 Å². The smallest absolute Gasteiger partial charge is 0.335 e. The van der Waals surface area contributed by atoms with Gasteiger partial charge < -0.3 is 10.1 Å². The highest BCUT2D eigenvalue weighted by Crippen LogP contribution is 2.28. The van der Waals surface area contributed by atoms with Gasteiger partial charge in [0.1, 0.15) is 17.4 Å². The molecule has 20 heavy (non-hydrogen) atoms. The molecular formula is C15H9N3O2. The summed E-state index contributed by atoms with van der Waals surface area (Å²) in [4.78, 5) is 18.0. The topological polar surface area (TPSA) is 89.8 Å². The van der Waals surface area contributed by atoms with Gasteiger partial charge in [-0.05, 0) is 29.8 Å². The minimum absolute atomic E-state index is 0.249. The normalized spacial score (nSPS) is 10.3. The Balaban J connectivity index is 2.10. The van der Waals surface area contributed by atoms with E-state index < -0.39 is 5.97 Å². The summed E-state index contributed by atoms with van der Waals surface area (Å²) >= 11 is 0. The molecule has 5 nitrogen and oxygen atoms in total. The number of fused-ring (bicyclic) bond motifs is 1. The maximum absolute atomic E-state index is 10.8. The monoisotopic (exact) mass is 263 g/mol. The van der Waals surface area contributed by atoms with Crippen molar-refractivity contribution in [2.24, 2.45) is 0 Å². The van der Waals surface area contributed by atoms with Gasteiger partial charge in [0.2, 0.25) is 0 Å². The first-order valence-corrected chi connectivity index (χ1v) is 5.91. The van der Waals surface area contributed by atoms with Gasteiger partial charge in [-0.3, -0.25) is 0 Å². The Bertz CT molecular complexity index is 842. The molecule has 0 spiro atoms. The number of carboxylic acids is 1. The predicted molar refractivity (Wildman–Crippen MR) is 73.2 cm³/mol. The van der Waals surface area contributed by atoms with Crippen molar-refractivity contribution in [3.63, 3.8) is 0 Å². The first-order chi connectivity index (χ1) is 9.69. The minimum Gasteiger partial charge on any atom is -0.478 e. The lowest BCUT2D eigenvalue weighted by molar-refractivity contribution is 0.0697. The molecule has 2 N–H and O–H groups in total. The zero-order valence-corrected chi connectivity index (χ0v) is 10.3. The van der Waals surface area contributed by atoms with Crippen molar-refractivity contribution in [3.05, 3.63) is 53.9 Å². The number of aromatic carboxylic acids is 1. The van der Waals surface area contributed by atoms with Gasteiger partial charge in [0.05, 0.1) is 5.56 Å². The van der Waals surface area contributed by atoms with Crippen LogP contribution in [0.4, 0.5) is 0 Å². The van der Waals surface area contributed by atoms with Gasteiger partial charge in [0.25, 0.3) is 0 Å². The lowest BCUT2D eigenvalue weighted by atomic mass is 10.0. The van der Waals surface area contributed by atoms with Crippen LogP contribution in [0.2, 0.25) is 0 Å². The second-order valence-electron chi connectivity index (χ2n) is 4.29. The van der Waals surface area contributed by atoms with Gasteiger partial charge >= 0.3 is 5.97 Å². The molecule has 96 valence electrons. The first kappa shape index (κ1) is 11.9. The van der Waals surface area contributed by atoms with E-state index in [0.717, 1.165) is 16.5 Å². The van der Waals surface area contributed by atoms with Crippen LogP contribution in [0, 0.1) is 11.3 Å². The van der Waals surface area contributed by atoms with E-state index in [9.17, 15) is 4.79 Å². The maximum atomic E-state index is 10.8. The molecule has 3 aromatic rings. The molecule has 0 radical (unpaired) electrons. The van der Waals surface area contributed by atoms with Crippen LogP contribution in [0.25, 0.3) is 22.2 Å². The van der Waals surface area contributed by atoms with Crippen molar-refractivity contribution < 1.29 is 9.90 Å². The Morgan fingerprint density at radius 1 is 1.20 bits per heavy atom. The molecule has 0 saturated heterocycles. The molecule has 0 bridgehead atoms. The second kappa shape index (κ2) is 4.52. The van der Waals surface area contributed by atoms with Gasteiger partial charge in [0, 0.05) is 17.1 Å². The van der Waals surface area contributed by atoms with Crippen molar-refractivity contribution in [2.75, 3.05) is 0 Å². The standard InChI is InChI=1S/C15H9N3O2/c16-7-11-5-6-12-13(8-17-14(12)18-11)9-1-3-10(4-2-9)15(19)20/h1-6,8H,(H,17,18)(H,19,20). The molecule has 0 saturated carbocycles. The summed E-state index contributed by atoms with van der Waals surface area (Å²) in [7, 11) is 0. The molecule has 0 fully saturated rings. The van der Waals surface area contributed by atoms with E-state index in [1.807, 2.05) is 12.1 Å². The molecule has 3 rings (SSSR count). The molecule has 2 heterocycles. The summed E-state index contributed by atoms with van der Waals surface area (Å²) in [6, 6.07) is 12.1. The van der Waals surface area contributed by atoms with Crippen molar-refractivity contribution in [3.8, 4) is 17.2 Å². The average Bonchev–Trinajstić information content (AvgIpc) is 2.90. The molecule has 0 atom stereocenters. The van der Waals surface area contributed by atoms with E-state index in [4.69, 9.17) is 10.4 Å². The number of carboxylic acid groups (broad SMARTS) is 1. The SMILES string of the molecule is N#Cc1ccc2c(-c3ccc(C(=O)O)cc3)c[nH]c2n1. The Labute approximate surface area is 114 Å². The van der Waals surface area contributed by atoms with Crippen LogP contribution in [0.3, 0.4) is 0 Å². The highest BCUT2D eigenvalue weighted by Gasteiger charge is 2.09. The minimum atomic E-state index is -0.948. The van der Waals surface area contributed by atoms with E-state index in [0.29, 0.717) is 11.3 Å². The number of benzene rings is 1. The zero-order valence-electron chi connectivity index (χ0n) is 10.3. The summed E-state index contributed by atoms with van der Waals surface area (Å²) in [6.07, 6.45) is 1.80. The number of carbonyl (C=O) groups is 1. The first-order valence-electron chi connectivity index (χ1n) is 5.91. The number of aromatic amines is 1. The van der Waals surface area contributed by atoms with Crippen LogP contribution < -0.4 is 0 Å². The van der Waals surface area contributed by atoms with E-state index in [1.54, 1.807) is 36.5 Å². The molecule has 2 aromatic heterocycles. The number of nitrogens with zero attached hydrogens (tertiary/aromatic N) is 2. The third kappa shape index (κ3) is 1.89. The molecule has 0 aliphatic heterocycles. The number of aromatic nitrogens is 2. The number of H-pyrrole nitrogens is 1. The number of hydrogen-bond acceptors (Lipinski definition) is 3. The van der Waals surface area contributed by atoms with Crippen LogP contribution in [-0.4, -0.2) is 21.0 Å². The molecule has 0 unspecified atom stereocenters. The fraction of sp³-hybridized carbons (Fsp3) is 0. The van der Waals surface area contributed by atoms with E-state index in [-0.39, 0.29) is 5.56 Å². The van der Waals surface area contributed by atoms with Crippen LogP contribution in [-0.2, 0) is 0 Å². The summed E-state index contributed by atoms with van der Waals surface area (Å²) in [5.41, 5.74) is 3.06. The number of pyridine rings is 1. The van der Waals surface area contributed by atoms with Crippen molar-refractivity contribution in [2.45, 2.75) is 0 Å². The fourth-order valence-electron chi connectivity index (χ4n) is 2.10. The maximum Gasteiger partial charge on any atom is 0.335 e. The molecule has 0 aliphatic carbocycles. The largest absolute Gasteiger partial charge is 0.478 e. The predicted octanol–water partition coefficient (Wildman–Crippen LogP) is 2.80. The van der Waals surface area contributed by atoms with Gasteiger partial charge in [0.15, 0.2) is 0 Å². The number of hydrogen-bond donors (Lipinski definition) is 2. The second-order valence-corrected chi connectivity index (χ2v) is 4.29. The van der Waals surface area contributed by atoms with Crippen molar-refractivity contribution in [1.29, 1.82) is 5.26 Å². The highest BCUT2D eigenvalue weighted by molar-refractivity contribution is 5.95. The van der Waals surface area contributed by atoms with Crippen molar-refractivity contribution in [1.82, 2.24) is 9.97 Å².